The van der Waals surface area contributed by atoms with Gasteiger partial charge in [-0.25, -0.2) is 4.79 Å². The van der Waals surface area contributed by atoms with Gasteiger partial charge in [-0.2, -0.15) is 0 Å². The van der Waals surface area contributed by atoms with Gasteiger partial charge in [-0.15, -0.1) is 0 Å². The molecule has 1 aromatic rings. The van der Waals surface area contributed by atoms with Crippen LogP contribution in [-0.4, -0.2) is 24.0 Å². The Kier molecular flexibility index (Phi) is 4.66. The van der Waals surface area contributed by atoms with E-state index in [1.807, 2.05) is 18.2 Å². The lowest BCUT2D eigenvalue weighted by molar-refractivity contribution is -0.124. The van der Waals surface area contributed by atoms with Gasteiger partial charge in [-0.3, -0.25) is 4.79 Å². The fourth-order valence-electron chi connectivity index (χ4n) is 2.50. The van der Waals surface area contributed by atoms with E-state index in [0.717, 1.165) is 12.8 Å². The number of hydrogen-bond acceptors (Lipinski definition) is 3. The van der Waals surface area contributed by atoms with Crippen LogP contribution in [0.25, 0.3) is 0 Å². The van der Waals surface area contributed by atoms with Crippen molar-refractivity contribution in [1.29, 1.82) is 0 Å². The Morgan fingerprint density at radius 2 is 1.81 bits per heavy atom. The molecule has 1 fully saturated rings. The third-order valence-corrected chi connectivity index (χ3v) is 3.67. The predicted molar refractivity (Wildman–Crippen MR) is 81.2 cm³/mol. The second kappa shape index (κ2) is 6.29. The number of benzene rings is 1. The lowest BCUT2D eigenvalue weighted by Crippen LogP contribution is -2.39. The molecule has 1 aliphatic rings. The number of ether oxygens (including phenoxy) is 1. The summed E-state index contributed by atoms with van der Waals surface area (Å²) in [6.45, 7) is 5.45. The van der Waals surface area contributed by atoms with E-state index in [1.54, 1.807) is 20.8 Å². The number of rotatable bonds is 4. The number of nitrogens with one attached hydrogen (secondary N) is 1. The van der Waals surface area contributed by atoms with Crippen LogP contribution in [0.5, 0.6) is 0 Å². The maximum atomic E-state index is 12.0. The Morgan fingerprint density at radius 1 is 1.19 bits per heavy atom. The van der Waals surface area contributed by atoms with E-state index in [0.29, 0.717) is 5.92 Å². The summed E-state index contributed by atoms with van der Waals surface area (Å²) in [6.07, 6.45) is 1.22. The first-order chi connectivity index (χ1) is 9.85. The van der Waals surface area contributed by atoms with Gasteiger partial charge in [-0.05, 0) is 45.1 Å². The van der Waals surface area contributed by atoms with E-state index in [1.165, 1.54) is 5.56 Å². The summed E-state index contributed by atoms with van der Waals surface area (Å²) in [7, 11) is 0. The van der Waals surface area contributed by atoms with Crippen molar-refractivity contribution in [2.45, 2.75) is 45.1 Å². The van der Waals surface area contributed by atoms with Crippen molar-refractivity contribution in [2.24, 2.45) is 5.92 Å². The van der Waals surface area contributed by atoms with E-state index < -0.39 is 11.7 Å². The van der Waals surface area contributed by atoms with Gasteiger partial charge in [0.1, 0.15) is 5.60 Å². The fraction of sp³-hybridized carbons (Fsp3) is 0.529. The molecule has 1 saturated carbocycles. The van der Waals surface area contributed by atoms with Crippen LogP contribution in [-0.2, 0) is 9.53 Å². The van der Waals surface area contributed by atoms with Crippen molar-refractivity contribution in [1.82, 2.24) is 5.32 Å². The Morgan fingerprint density at radius 3 is 2.38 bits per heavy atom. The van der Waals surface area contributed by atoms with Gasteiger partial charge in [0.25, 0.3) is 0 Å². The van der Waals surface area contributed by atoms with Crippen LogP contribution in [0.2, 0.25) is 0 Å². The molecular weight excluding hydrogens is 266 g/mol. The second-order valence-corrected chi connectivity index (χ2v) is 6.60. The zero-order valence-corrected chi connectivity index (χ0v) is 12.9. The van der Waals surface area contributed by atoms with E-state index in [-0.39, 0.29) is 18.2 Å². The van der Waals surface area contributed by atoms with Crippen LogP contribution in [0.3, 0.4) is 0 Å². The molecule has 0 heterocycles. The first-order valence-corrected chi connectivity index (χ1v) is 7.39. The van der Waals surface area contributed by atoms with Crippen molar-refractivity contribution in [3.05, 3.63) is 35.9 Å². The van der Waals surface area contributed by atoms with Crippen molar-refractivity contribution >= 4 is 11.9 Å². The summed E-state index contributed by atoms with van der Waals surface area (Å²) in [4.78, 5) is 23.5. The number of Topliss-reactive ketones (excluding diaryl/α,β-unsaturated/α-hetero) is 1. The van der Waals surface area contributed by atoms with Crippen LogP contribution in [0, 0.1) is 5.92 Å². The minimum atomic E-state index is -0.540. The molecule has 1 aliphatic carbocycles. The molecule has 114 valence electrons. The van der Waals surface area contributed by atoms with E-state index in [9.17, 15) is 9.59 Å². The molecule has 4 heteroatoms. The van der Waals surface area contributed by atoms with Crippen molar-refractivity contribution < 1.29 is 14.3 Å². The molecular formula is C17H23NO3. The van der Waals surface area contributed by atoms with Gasteiger partial charge in [0, 0.05) is 5.92 Å². The third kappa shape index (κ3) is 4.59. The van der Waals surface area contributed by atoms with Crippen LogP contribution >= 0.6 is 0 Å². The highest BCUT2D eigenvalue weighted by Crippen LogP contribution is 2.41. The van der Waals surface area contributed by atoms with Gasteiger partial charge in [0.2, 0.25) is 0 Å². The van der Waals surface area contributed by atoms with Gasteiger partial charge in [-0.1, -0.05) is 30.3 Å². The summed E-state index contributed by atoms with van der Waals surface area (Å²) in [6, 6.07) is 10.2. The molecule has 0 aliphatic heterocycles. The standard InChI is InChI=1S/C17H23NO3/c1-17(2,3)21-16(20)18-11-15(19)14-9-13(10-14)12-7-5-4-6-8-12/h4-8,13-14H,9-11H2,1-3H3,(H,18,20). The summed E-state index contributed by atoms with van der Waals surface area (Å²) in [5, 5.41) is 2.53. The zero-order chi connectivity index (χ0) is 15.5. The van der Waals surface area contributed by atoms with Gasteiger partial charge < -0.3 is 10.1 Å². The topological polar surface area (TPSA) is 55.4 Å². The molecule has 0 saturated heterocycles. The number of alkyl carbamates (subject to hydrolysis) is 1. The minimum Gasteiger partial charge on any atom is -0.444 e. The largest absolute Gasteiger partial charge is 0.444 e. The Bertz CT molecular complexity index is 499. The van der Waals surface area contributed by atoms with Crippen LogP contribution < -0.4 is 5.32 Å². The molecule has 2 rings (SSSR count). The normalized spacial score (nSPS) is 21.3. The average Bonchev–Trinajstić information content (AvgIpc) is 2.34. The Hall–Kier alpha value is -1.84. The van der Waals surface area contributed by atoms with E-state index in [4.69, 9.17) is 4.74 Å². The molecule has 4 nitrogen and oxygen atoms in total. The molecule has 21 heavy (non-hydrogen) atoms. The monoisotopic (exact) mass is 289 g/mol. The van der Waals surface area contributed by atoms with Gasteiger partial charge in [0.05, 0.1) is 6.54 Å². The molecule has 1 amide bonds. The lowest BCUT2D eigenvalue weighted by atomic mass is 9.69. The molecule has 0 unspecified atom stereocenters. The maximum Gasteiger partial charge on any atom is 0.408 e. The van der Waals surface area contributed by atoms with Crippen molar-refractivity contribution in [2.75, 3.05) is 6.54 Å². The Balaban J connectivity index is 1.71. The number of carbonyl (C=O) groups is 2. The molecule has 0 radical (unpaired) electrons. The first-order valence-electron chi connectivity index (χ1n) is 7.39. The lowest BCUT2D eigenvalue weighted by Gasteiger charge is -2.34. The number of hydrogen-bond donors (Lipinski definition) is 1. The zero-order valence-electron chi connectivity index (χ0n) is 12.9. The molecule has 0 bridgehead atoms. The molecule has 1 N–H and O–H groups in total. The van der Waals surface area contributed by atoms with Crippen LogP contribution in [0.1, 0.15) is 45.1 Å². The SMILES string of the molecule is CC(C)(C)OC(=O)NCC(=O)C1CC(c2ccccc2)C1. The summed E-state index contributed by atoms with van der Waals surface area (Å²) >= 11 is 0. The summed E-state index contributed by atoms with van der Waals surface area (Å²) in [5.41, 5.74) is 0.754. The van der Waals surface area contributed by atoms with Crippen molar-refractivity contribution in [3.8, 4) is 0 Å². The third-order valence-electron chi connectivity index (χ3n) is 3.67. The highest BCUT2D eigenvalue weighted by molar-refractivity contribution is 5.86. The first kappa shape index (κ1) is 15.5. The Labute approximate surface area is 125 Å². The molecule has 0 spiro atoms. The number of carbonyl (C=O) groups excluding carboxylic acids is 2. The average molecular weight is 289 g/mol. The van der Waals surface area contributed by atoms with Gasteiger partial charge in [0.15, 0.2) is 5.78 Å². The maximum absolute atomic E-state index is 12.0. The van der Waals surface area contributed by atoms with E-state index >= 15 is 0 Å². The highest BCUT2D eigenvalue weighted by Gasteiger charge is 2.35. The molecule has 1 aromatic carbocycles. The molecule has 0 atom stereocenters. The van der Waals surface area contributed by atoms with Crippen LogP contribution in [0.15, 0.2) is 30.3 Å². The fourth-order valence-corrected chi connectivity index (χ4v) is 2.50. The van der Waals surface area contributed by atoms with Crippen molar-refractivity contribution in [3.63, 3.8) is 0 Å². The van der Waals surface area contributed by atoms with Crippen LogP contribution in [0.4, 0.5) is 4.79 Å². The number of ketones is 1. The smallest absolute Gasteiger partial charge is 0.408 e. The molecule has 0 aromatic heterocycles. The summed E-state index contributed by atoms with van der Waals surface area (Å²) in [5.74, 6) is 0.625. The minimum absolute atomic E-state index is 0.0566. The summed E-state index contributed by atoms with van der Waals surface area (Å²) < 4.78 is 5.11. The van der Waals surface area contributed by atoms with Gasteiger partial charge >= 0.3 is 6.09 Å². The highest BCUT2D eigenvalue weighted by atomic mass is 16.6. The quantitative estimate of drug-likeness (QED) is 0.925. The number of amides is 1. The second-order valence-electron chi connectivity index (χ2n) is 6.60. The predicted octanol–water partition coefficient (Wildman–Crippen LogP) is 3.27. The van der Waals surface area contributed by atoms with E-state index in [2.05, 4.69) is 17.4 Å².